The van der Waals surface area contributed by atoms with Crippen LogP contribution in [0.25, 0.3) is 0 Å². The summed E-state index contributed by atoms with van der Waals surface area (Å²) >= 11 is 0. The second kappa shape index (κ2) is 9.81. The number of amides is 3. The number of likely N-dealkylation sites (tertiary alicyclic amines) is 1. The first-order valence-corrected chi connectivity index (χ1v) is 11.2. The van der Waals surface area contributed by atoms with Gasteiger partial charge in [0.05, 0.1) is 0 Å². The molecule has 164 valence electrons. The average molecular weight is 422 g/mol. The van der Waals surface area contributed by atoms with Crippen molar-refractivity contribution in [2.75, 3.05) is 36.4 Å². The van der Waals surface area contributed by atoms with Crippen LogP contribution in [-0.4, -0.2) is 48.0 Å². The second-order valence-electron chi connectivity index (χ2n) is 8.58. The third-order valence-corrected chi connectivity index (χ3v) is 6.15. The summed E-state index contributed by atoms with van der Waals surface area (Å²) in [6, 6.07) is 10.8. The minimum Gasteiger partial charge on any atom is -0.357 e. The van der Waals surface area contributed by atoms with Crippen LogP contribution < -0.4 is 15.5 Å². The molecule has 0 saturated carbocycles. The van der Waals surface area contributed by atoms with Gasteiger partial charge in [0.1, 0.15) is 5.82 Å². The van der Waals surface area contributed by atoms with Gasteiger partial charge in [0.2, 0.25) is 0 Å². The predicted molar refractivity (Wildman–Crippen MR) is 122 cm³/mol. The molecular formula is C24H31N5O2. The lowest BCUT2D eigenvalue weighted by atomic mass is 9.98. The van der Waals surface area contributed by atoms with Gasteiger partial charge in [0.25, 0.3) is 5.91 Å². The number of piperidine rings is 1. The van der Waals surface area contributed by atoms with E-state index in [9.17, 15) is 9.59 Å². The molecule has 4 rings (SSSR count). The van der Waals surface area contributed by atoms with Crippen LogP contribution in [0.2, 0.25) is 0 Å². The molecule has 2 saturated heterocycles. The van der Waals surface area contributed by atoms with Crippen LogP contribution in [0.4, 0.5) is 16.3 Å². The molecule has 0 spiro atoms. The molecule has 2 fully saturated rings. The van der Waals surface area contributed by atoms with E-state index in [0.717, 1.165) is 50.4 Å². The number of anilines is 2. The molecule has 0 aliphatic carbocycles. The molecule has 2 aromatic rings. The second-order valence-corrected chi connectivity index (χ2v) is 8.58. The zero-order valence-electron chi connectivity index (χ0n) is 18.1. The summed E-state index contributed by atoms with van der Waals surface area (Å²) in [6.07, 6.45) is 6.31. The summed E-state index contributed by atoms with van der Waals surface area (Å²) in [5.74, 6) is 1.73. The summed E-state index contributed by atoms with van der Waals surface area (Å²) in [7, 11) is 0. The zero-order chi connectivity index (χ0) is 21.6. The Morgan fingerprint density at radius 2 is 1.74 bits per heavy atom. The van der Waals surface area contributed by atoms with E-state index in [-0.39, 0.29) is 11.9 Å². The van der Waals surface area contributed by atoms with Gasteiger partial charge in [0.15, 0.2) is 0 Å². The summed E-state index contributed by atoms with van der Waals surface area (Å²) in [6.45, 7) is 6.38. The highest BCUT2D eigenvalue weighted by Crippen LogP contribution is 2.20. The minimum atomic E-state index is -0.274. The minimum absolute atomic E-state index is 0.0643. The number of benzene rings is 1. The van der Waals surface area contributed by atoms with E-state index in [2.05, 4.69) is 27.4 Å². The van der Waals surface area contributed by atoms with Crippen LogP contribution in [0.5, 0.6) is 0 Å². The van der Waals surface area contributed by atoms with Crippen molar-refractivity contribution in [3.05, 3.63) is 53.7 Å². The Morgan fingerprint density at radius 1 is 1.03 bits per heavy atom. The lowest BCUT2D eigenvalue weighted by molar-refractivity contribution is 0.0697. The number of nitrogens with one attached hydrogen (secondary N) is 2. The number of aromatic nitrogens is 1. The van der Waals surface area contributed by atoms with Gasteiger partial charge in [-0.3, -0.25) is 4.79 Å². The van der Waals surface area contributed by atoms with Crippen molar-refractivity contribution in [3.8, 4) is 0 Å². The number of rotatable bonds is 5. The van der Waals surface area contributed by atoms with Crippen molar-refractivity contribution in [1.29, 1.82) is 0 Å². The van der Waals surface area contributed by atoms with Gasteiger partial charge in [-0.25, -0.2) is 9.78 Å². The van der Waals surface area contributed by atoms with Crippen molar-refractivity contribution in [1.82, 2.24) is 15.2 Å². The third kappa shape index (κ3) is 5.54. The number of urea groups is 1. The van der Waals surface area contributed by atoms with Gasteiger partial charge in [-0.1, -0.05) is 6.92 Å². The summed E-state index contributed by atoms with van der Waals surface area (Å²) < 4.78 is 0. The Kier molecular flexibility index (Phi) is 6.70. The van der Waals surface area contributed by atoms with E-state index < -0.39 is 0 Å². The molecule has 2 aliphatic heterocycles. The number of carbonyl (C=O) groups excluding carboxylic acids is 2. The molecule has 2 aliphatic rings. The number of hydrogen-bond acceptors (Lipinski definition) is 4. The Bertz CT molecular complexity index is 900. The maximum atomic E-state index is 12.6. The Morgan fingerprint density at radius 3 is 2.45 bits per heavy atom. The van der Waals surface area contributed by atoms with Crippen LogP contribution in [0, 0.1) is 5.92 Å². The molecule has 7 heteroatoms. The van der Waals surface area contributed by atoms with E-state index in [4.69, 9.17) is 0 Å². The quantitative estimate of drug-likeness (QED) is 0.768. The fourth-order valence-electron chi connectivity index (χ4n) is 4.14. The standard InChI is InChI=1S/C24H31N5O2/c1-18-9-14-29(15-10-18)23(30)20-4-6-21(7-5-20)27-24(31)26-17-19-8-11-25-22(16-19)28-12-2-3-13-28/h4-8,11,16,18H,2-3,9-10,12-15,17H2,1H3,(H2,26,27,31). The lowest BCUT2D eigenvalue weighted by Gasteiger charge is -2.30. The fraction of sp³-hybridized carbons (Fsp3) is 0.458. The van der Waals surface area contributed by atoms with Crippen molar-refractivity contribution >= 4 is 23.4 Å². The number of hydrogen-bond donors (Lipinski definition) is 2. The lowest BCUT2D eigenvalue weighted by Crippen LogP contribution is -2.37. The number of carbonyl (C=O) groups is 2. The molecule has 1 aromatic heterocycles. The molecule has 7 nitrogen and oxygen atoms in total. The van der Waals surface area contributed by atoms with Gasteiger partial charge >= 0.3 is 6.03 Å². The molecule has 2 N–H and O–H groups in total. The molecule has 0 bridgehead atoms. The fourth-order valence-corrected chi connectivity index (χ4v) is 4.14. The molecular weight excluding hydrogens is 390 g/mol. The molecule has 3 heterocycles. The summed E-state index contributed by atoms with van der Waals surface area (Å²) in [4.78, 5) is 33.6. The predicted octanol–water partition coefficient (Wildman–Crippen LogP) is 3.88. The maximum Gasteiger partial charge on any atom is 0.319 e. The topological polar surface area (TPSA) is 77.6 Å². The molecule has 1 aromatic carbocycles. The van der Waals surface area contributed by atoms with Crippen LogP contribution in [0.15, 0.2) is 42.6 Å². The van der Waals surface area contributed by atoms with Crippen LogP contribution in [-0.2, 0) is 6.54 Å². The Labute approximate surface area is 183 Å². The van der Waals surface area contributed by atoms with E-state index in [1.807, 2.05) is 17.0 Å². The van der Waals surface area contributed by atoms with Gasteiger partial charge in [0, 0.05) is 50.2 Å². The van der Waals surface area contributed by atoms with E-state index in [0.29, 0.717) is 23.7 Å². The molecule has 0 unspecified atom stereocenters. The SMILES string of the molecule is CC1CCN(C(=O)c2ccc(NC(=O)NCc3ccnc(N4CCCC4)c3)cc2)CC1. The van der Waals surface area contributed by atoms with Crippen LogP contribution in [0.3, 0.4) is 0 Å². The maximum absolute atomic E-state index is 12.6. The van der Waals surface area contributed by atoms with Gasteiger partial charge in [-0.2, -0.15) is 0 Å². The van der Waals surface area contributed by atoms with Crippen LogP contribution >= 0.6 is 0 Å². The van der Waals surface area contributed by atoms with Gasteiger partial charge < -0.3 is 20.4 Å². The monoisotopic (exact) mass is 421 g/mol. The van der Waals surface area contributed by atoms with E-state index in [1.54, 1.807) is 30.5 Å². The largest absolute Gasteiger partial charge is 0.357 e. The first-order valence-electron chi connectivity index (χ1n) is 11.2. The summed E-state index contributed by atoms with van der Waals surface area (Å²) in [5, 5.41) is 5.72. The number of nitrogens with zero attached hydrogens (tertiary/aromatic N) is 3. The Balaban J connectivity index is 1.27. The molecule has 0 atom stereocenters. The van der Waals surface area contributed by atoms with Crippen LogP contribution in [0.1, 0.15) is 48.5 Å². The zero-order valence-corrected chi connectivity index (χ0v) is 18.1. The normalized spacial score (nSPS) is 16.9. The van der Waals surface area contributed by atoms with E-state index in [1.165, 1.54) is 12.8 Å². The van der Waals surface area contributed by atoms with Crippen molar-refractivity contribution in [3.63, 3.8) is 0 Å². The van der Waals surface area contributed by atoms with Gasteiger partial charge in [-0.05, 0) is 73.6 Å². The average Bonchev–Trinajstić information content (AvgIpc) is 3.34. The first-order chi connectivity index (χ1) is 15.1. The molecule has 3 amide bonds. The molecule has 31 heavy (non-hydrogen) atoms. The van der Waals surface area contributed by atoms with Crippen molar-refractivity contribution < 1.29 is 9.59 Å². The Hall–Kier alpha value is -3.09. The smallest absolute Gasteiger partial charge is 0.319 e. The number of pyridine rings is 1. The third-order valence-electron chi connectivity index (χ3n) is 6.15. The van der Waals surface area contributed by atoms with Crippen molar-refractivity contribution in [2.24, 2.45) is 5.92 Å². The highest BCUT2D eigenvalue weighted by Gasteiger charge is 2.21. The first kappa shape index (κ1) is 21.2. The summed E-state index contributed by atoms with van der Waals surface area (Å²) in [5.41, 5.74) is 2.34. The van der Waals surface area contributed by atoms with E-state index >= 15 is 0 Å². The highest BCUT2D eigenvalue weighted by atomic mass is 16.2. The highest BCUT2D eigenvalue weighted by molar-refractivity contribution is 5.95. The van der Waals surface area contributed by atoms with Gasteiger partial charge in [-0.15, -0.1) is 0 Å². The molecule has 0 radical (unpaired) electrons. The van der Waals surface area contributed by atoms with Crippen molar-refractivity contribution in [2.45, 2.75) is 39.2 Å².